The van der Waals surface area contributed by atoms with E-state index in [2.05, 4.69) is 51.1 Å². The van der Waals surface area contributed by atoms with E-state index in [1.165, 1.54) is 16.0 Å². The Labute approximate surface area is 130 Å². The van der Waals surface area contributed by atoms with Gasteiger partial charge in [0.15, 0.2) is 5.96 Å². The molecule has 2 aromatic heterocycles. The standard InChI is InChI=1S/C16H22N4S/c1-13-12-18-8-5-14(13)6-9-19-16(17-2)20-10-7-15-4-3-11-21-15/h3-5,8,11-12H,6-7,9-10H2,1-2H3,(H2,17,19,20). The molecule has 5 heteroatoms. The zero-order chi connectivity index (χ0) is 14.9. The monoisotopic (exact) mass is 302 g/mol. The first-order valence-corrected chi connectivity index (χ1v) is 8.04. The van der Waals surface area contributed by atoms with E-state index in [0.29, 0.717) is 0 Å². The highest BCUT2D eigenvalue weighted by Gasteiger charge is 2.00. The van der Waals surface area contributed by atoms with Crippen molar-refractivity contribution in [3.05, 3.63) is 52.0 Å². The van der Waals surface area contributed by atoms with Crippen LogP contribution in [-0.2, 0) is 12.8 Å². The summed E-state index contributed by atoms with van der Waals surface area (Å²) >= 11 is 1.79. The number of thiophene rings is 1. The van der Waals surface area contributed by atoms with E-state index in [9.17, 15) is 0 Å². The van der Waals surface area contributed by atoms with Crippen molar-refractivity contribution >= 4 is 17.3 Å². The van der Waals surface area contributed by atoms with Crippen molar-refractivity contribution in [2.75, 3.05) is 20.1 Å². The molecule has 112 valence electrons. The molecule has 0 radical (unpaired) electrons. The molecular formula is C16H22N4S. The number of aliphatic imine (C=N–C) groups is 1. The minimum absolute atomic E-state index is 0.860. The third-order valence-electron chi connectivity index (χ3n) is 3.29. The molecule has 0 aliphatic rings. The van der Waals surface area contributed by atoms with Crippen LogP contribution in [0, 0.1) is 6.92 Å². The van der Waals surface area contributed by atoms with E-state index in [1.54, 1.807) is 18.4 Å². The summed E-state index contributed by atoms with van der Waals surface area (Å²) in [6.07, 6.45) is 5.75. The van der Waals surface area contributed by atoms with E-state index < -0.39 is 0 Å². The molecule has 0 aromatic carbocycles. The average molecular weight is 302 g/mol. The number of aromatic nitrogens is 1. The molecule has 0 saturated heterocycles. The highest BCUT2D eigenvalue weighted by molar-refractivity contribution is 7.09. The quantitative estimate of drug-likeness (QED) is 0.636. The van der Waals surface area contributed by atoms with Gasteiger partial charge in [-0.05, 0) is 48.4 Å². The third-order valence-corrected chi connectivity index (χ3v) is 4.23. The predicted octanol–water partition coefficient (Wildman–Crippen LogP) is 2.40. The fraction of sp³-hybridized carbons (Fsp3) is 0.375. The number of aryl methyl sites for hydroxylation is 1. The van der Waals surface area contributed by atoms with Crippen molar-refractivity contribution in [3.8, 4) is 0 Å². The second-order valence-corrected chi connectivity index (χ2v) is 5.84. The Morgan fingerprint density at radius 2 is 2.05 bits per heavy atom. The third kappa shape index (κ3) is 5.19. The molecule has 21 heavy (non-hydrogen) atoms. The highest BCUT2D eigenvalue weighted by atomic mass is 32.1. The molecule has 2 rings (SSSR count). The van der Waals surface area contributed by atoms with Crippen LogP contribution >= 0.6 is 11.3 Å². The average Bonchev–Trinajstić information content (AvgIpc) is 3.01. The minimum atomic E-state index is 0.860. The molecule has 2 N–H and O–H groups in total. The topological polar surface area (TPSA) is 49.3 Å². The normalized spacial score (nSPS) is 11.4. The first-order valence-electron chi connectivity index (χ1n) is 7.16. The van der Waals surface area contributed by atoms with E-state index in [1.807, 2.05) is 12.4 Å². The summed E-state index contributed by atoms with van der Waals surface area (Å²) in [6, 6.07) is 6.32. The lowest BCUT2D eigenvalue weighted by Crippen LogP contribution is -2.39. The molecule has 0 atom stereocenters. The summed E-state index contributed by atoms with van der Waals surface area (Å²) < 4.78 is 0. The zero-order valence-electron chi connectivity index (χ0n) is 12.6. The Bertz CT molecular complexity index is 563. The summed E-state index contributed by atoms with van der Waals surface area (Å²) in [4.78, 5) is 9.75. The largest absolute Gasteiger partial charge is 0.356 e. The molecule has 0 aliphatic heterocycles. The van der Waals surface area contributed by atoms with Gasteiger partial charge in [-0.15, -0.1) is 11.3 Å². The van der Waals surface area contributed by atoms with Crippen molar-refractivity contribution in [1.29, 1.82) is 0 Å². The Kier molecular flexibility index (Phi) is 6.22. The van der Waals surface area contributed by atoms with Gasteiger partial charge in [0.05, 0.1) is 0 Å². The van der Waals surface area contributed by atoms with Crippen LogP contribution in [0.3, 0.4) is 0 Å². The first kappa shape index (κ1) is 15.5. The lowest BCUT2D eigenvalue weighted by molar-refractivity contribution is 0.785. The fourth-order valence-corrected chi connectivity index (χ4v) is 2.79. The van der Waals surface area contributed by atoms with Crippen molar-refractivity contribution in [3.63, 3.8) is 0 Å². The smallest absolute Gasteiger partial charge is 0.190 e. The SMILES string of the molecule is CN=C(NCCc1cccs1)NCCc1ccncc1C. The van der Waals surface area contributed by atoms with E-state index in [0.717, 1.165) is 31.9 Å². The summed E-state index contributed by atoms with van der Waals surface area (Å²) in [5.74, 6) is 0.860. The van der Waals surface area contributed by atoms with E-state index in [-0.39, 0.29) is 0 Å². The second kappa shape index (κ2) is 8.42. The highest BCUT2D eigenvalue weighted by Crippen LogP contribution is 2.08. The number of nitrogens with zero attached hydrogens (tertiary/aromatic N) is 2. The number of rotatable bonds is 6. The number of hydrogen-bond donors (Lipinski definition) is 2. The molecular weight excluding hydrogens is 280 g/mol. The summed E-state index contributed by atoms with van der Waals surface area (Å²) in [7, 11) is 1.80. The van der Waals surface area contributed by atoms with Gasteiger partial charge in [-0.3, -0.25) is 9.98 Å². The number of nitrogens with one attached hydrogen (secondary N) is 2. The van der Waals surface area contributed by atoms with Crippen LogP contribution in [0.2, 0.25) is 0 Å². The summed E-state index contributed by atoms with van der Waals surface area (Å²) in [5, 5.41) is 8.80. The Hall–Kier alpha value is -1.88. The van der Waals surface area contributed by atoms with Crippen molar-refractivity contribution in [1.82, 2.24) is 15.6 Å². The summed E-state index contributed by atoms with van der Waals surface area (Å²) in [5.41, 5.74) is 2.56. The van der Waals surface area contributed by atoms with Crippen LogP contribution in [0.4, 0.5) is 0 Å². The van der Waals surface area contributed by atoms with E-state index >= 15 is 0 Å². The number of hydrogen-bond acceptors (Lipinski definition) is 3. The molecule has 0 spiro atoms. The van der Waals surface area contributed by atoms with Crippen LogP contribution < -0.4 is 10.6 Å². The lowest BCUT2D eigenvalue weighted by atomic mass is 10.1. The van der Waals surface area contributed by atoms with Crippen LogP contribution in [0.15, 0.2) is 41.0 Å². The first-order chi connectivity index (χ1) is 10.3. The van der Waals surface area contributed by atoms with Gasteiger partial charge in [0.2, 0.25) is 0 Å². The van der Waals surface area contributed by atoms with Gasteiger partial charge >= 0.3 is 0 Å². The molecule has 0 aliphatic carbocycles. The Balaban J connectivity index is 1.69. The van der Waals surface area contributed by atoms with Crippen LogP contribution in [-0.4, -0.2) is 31.1 Å². The van der Waals surface area contributed by atoms with Gasteiger partial charge in [0.25, 0.3) is 0 Å². The van der Waals surface area contributed by atoms with Crippen LogP contribution in [0.1, 0.15) is 16.0 Å². The van der Waals surface area contributed by atoms with Crippen LogP contribution in [0.5, 0.6) is 0 Å². The molecule has 4 nitrogen and oxygen atoms in total. The van der Waals surface area contributed by atoms with Gasteiger partial charge in [-0.2, -0.15) is 0 Å². The second-order valence-electron chi connectivity index (χ2n) is 4.81. The van der Waals surface area contributed by atoms with Gasteiger partial charge in [0, 0.05) is 37.4 Å². The fourth-order valence-electron chi connectivity index (χ4n) is 2.08. The lowest BCUT2D eigenvalue weighted by Gasteiger charge is -2.12. The maximum absolute atomic E-state index is 4.25. The molecule has 0 saturated carbocycles. The number of pyridine rings is 1. The maximum Gasteiger partial charge on any atom is 0.190 e. The van der Waals surface area contributed by atoms with Crippen LogP contribution in [0.25, 0.3) is 0 Å². The van der Waals surface area contributed by atoms with E-state index in [4.69, 9.17) is 0 Å². The van der Waals surface area contributed by atoms with Gasteiger partial charge in [-0.25, -0.2) is 0 Å². The molecule has 0 amide bonds. The number of guanidine groups is 1. The molecule has 0 bridgehead atoms. The van der Waals surface area contributed by atoms with Gasteiger partial charge in [0.1, 0.15) is 0 Å². The molecule has 2 aromatic rings. The minimum Gasteiger partial charge on any atom is -0.356 e. The van der Waals surface area contributed by atoms with Crippen molar-refractivity contribution in [2.45, 2.75) is 19.8 Å². The van der Waals surface area contributed by atoms with Gasteiger partial charge in [-0.1, -0.05) is 6.07 Å². The predicted molar refractivity (Wildman–Crippen MR) is 90.1 cm³/mol. The molecule has 2 heterocycles. The van der Waals surface area contributed by atoms with Crippen molar-refractivity contribution in [2.24, 2.45) is 4.99 Å². The van der Waals surface area contributed by atoms with Gasteiger partial charge < -0.3 is 10.6 Å². The Morgan fingerprint density at radius 1 is 1.24 bits per heavy atom. The van der Waals surface area contributed by atoms with Crippen molar-refractivity contribution < 1.29 is 0 Å². The Morgan fingerprint density at radius 3 is 2.71 bits per heavy atom. The maximum atomic E-state index is 4.25. The molecule has 0 fully saturated rings. The summed E-state index contributed by atoms with van der Waals surface area (Å²) in [6.45, 7) is 3.86. The molecule has 0 unspecified atom stereocenters. The zero-order valence-corrected chi connectivity index (χ0v) is 13.4.